The van der Waals surface area contributed by atoms with Crippen molar-refractivity contribution >= 4 is 48.6 Å². The minimum atomic E-state index is -2.21. The summed E-state index contributed by atoms with van der Waals surface area (Å²) in [7, 11) is 13.2. The van der Waals surface area contributed by atoms with E-state index in [4.69, 9.17) is 36.2 Å². The molecule has 0 atom stereocenters. The molecule has 4 aromatic rings. The van der Waals surface area contributed by atoms with E-state index in [1.54, 1.807) is 7.11 Å². The summed E-state index contributed by atoms with van der Waals surface area (Å²) in [6.07, 6.45) is 0. The average Bonchev–Trinajstić information content (AvgIpc) is 2.90. The zero-order valence-corrected chi connectivity index (χ0v) is 25.6. The van der Waals surface area contributed by atoms with Crippen molar-refractivity contribution in [3.8, 4) is 23.0 Å². The SMILES string of the molecule is COc1ccc(C)cc1.Cc1ccc([O][Al]([Cl])[O]c2ccc(C)cc2)cc1.Cc1ccc([O][Al][Cl])cc1. The fourth-order valence-electron chi connectivity index (χ4n) is 2.81. The molecule has 0 aliphatic rings. The van der Waals surface area contributed by atoms with Gasteiger partial charge in [-0.15, -0.1) is 0 Å². The number of halogens is 2. The van der Waals surface area contributed by atoms with E-state index in [1.807, 2.05) is 118 Å². The summed E-state index contributed by atoms with van der Waals surface area (Å²) in [6, 6.07) is 31.3. The summed E-state index contributed by atoms with van der Waals surface area (Å²) >= 11 is -2.62. The van der Waals surface area contributed by atoms with E-state index in [2.05, 4.69) is 6.92 Å². The summed E-state index contributed by atoms with van der Waals surface area (Å²) in [4.78, 5) is 0. The molecular weight excluding hydrogens is 537 g/mol. The number of hydrogen-bond acceptors (Lipinski definition) is 4. The molecule has 4 rings (SSSR count). The van der Waals surface area contributed by atoms with Gasteiger partial charge >= 0.3 is 28.5 Å². The lowest BCUT2D eigenvalue weighted by Gasteiger charge is -2.11. The van der Waals surface area contributed by atoms with Crippen LogP contribution in [0.2, 0.25) is 0 Å². The molecule has 0 saturated heterocycles. The Bertz CT molecular complexity index is 1110. The van der Waals surface area contributed by atoms with Crippen LogP contribution in [0.4, 0.5) is 0 Å². The predicted octanol–water partition coefficient (Wildman–Crippen LogP) is 8.14. The molecular formula is C29H31Al2Cl2O4. The van der Waals surface area contributed by atoms with E-state index in [0.717, 1.165) is 23.0 Å². The largest absolute Gasteiger partial charge is 0.999 e. The second-order valence-corrected chi connectivity index (χ2v) is 11.2. The summed E-state index contributed by atoms with van der Waals surface area (Å²) in [5, 5.41) is 0. The predicted molar refractivity (Wildman–Crippen MR) is 156 cm³/mol. The second kappa shape index (κ2) is 17.3. The third-order valence-electron chi connectivity index (χ3n) is 4.96. The van der Waals surface area contributed by atoms with Crippen molar-refractivity contribution in [3.63, 3.8) is 0 Å². The average molecular weight is 568 g/mol. The lowest BCUT2D eigenvalue weighted by molar-refractivity contribution is 0.414. The molecule has 0 bridgehead atoms. The third-order valence-corrected chi connectivity index (χ3v) is 7.04. The van der Waals surface area contributed by atoms with Crippen LogP contribution in [0.1, 0.15) is 22.3 Å². The van der Waals surface area contributed by atoms with Gasteiger partial charge in [-0.2, -0.15) is 10.0 Å². The Balaban J connectivity index is 0.000000214. The van der Waals surface area contributed by atoms with Crippen molar-refractivity contribution in [1.29, 1.82) is 0 Å². The summed E-state index contributed by atoms with van der Waals surface area (Å²) in [5.74, 6) is 3.27. The summed E-state index contributed by atoms with van der Waals surface area (Å²) in [6.45, 7) is 8.15. The van der Waals surface area contributed by atoms with Gasteiger partial charge in [0.1, 0.15) is 5.75 Å². The van der Waals surface area contributed by atoms with Crippen LogP contribution in [0, 0.1) is 27.7 Å². The highest BCUT2D eigenvalue weighted by molar-refractivity contribution is 7.00. The molecule has 0 aromatic heterocycles. The van der Waals surface area contributed by atoms with Crippen molar-refractivity contribution in [2.45, 2.75) is 27.7 Å². The highest BCUT2D eigenvalue weighted by Crippen LogP contribution is 2.17. The Kier molecular flexibility index (Phi) is 14.4. The first-order valence-electron chi connectivity index (χ1n) is 11.7. The molecule has 4 aromatic carbocycles. The van der Waals surface area contributed by atoms with Gasteiger partial charge in [-0.05, 0) is 76.2 Å². The van der Waals surface area contributed by atoms with Gasteiger partial charge in [-0.3, -0.25) is 0 Å². The van der Waals surface area contributed by atoms with E-state index < -0.39 is 28.5 Å². The van der Waals surface area contributed by atoms with Crippen LogP contribution in [0.5, 0.6) is 23.0 Å². The maximum Gasteiger partial charge on any atom is 0.999 e. The zero-order chi connectivity index (χ0) is 27.0. The number of ether oxygens (including phenoxy) is 1. The smallest absolute Gasteiger partial charge is 0.636 e. The number of aryl methyl sites for hydroxylation is 4. The van der Waals surface area contributed by atoms with E-state index >= 15 is 0 Å². The molecule has 0 unspecified atom stereocenters. The van der Waals surface area contributed by atoms with Gasteiger partial charge in [-0.1, -0.05) is 70.8 Å². The van der Waals surface area contributed by atoms with E-state index in [0.29, 0.717) is 0 Å². The Labute approximate surface area is 240 Å². The first-order valence-corrected chi connectivity index (χ1v) is 16.6. The first-order chi connectivity index (χ1) is 17.8. The van der Waals surface area contributed by atoms with Gasteiger partial charge in [0.05, 0.1) is 24.4 Å². The fourth-order valence-corrected chi connectivity index (χ4v) is 4.79. The molecule has 0 saturated carbocycles. The highest BCUT2D eigenvalue weighted by atomic mass is 35.6. The Morgan fingerprint density at radius 3 is 1.11 bits per heavy atom. The van der Waals surface area contributed by atoms with Crippen molar-refractivity contribution in [1.82, 2.24) is 0 Å². The molecule has 191 valence electrons. The monoisotopic (exact) mass is 567 g/mol. The molecule has 0 N–H and O–H groups in total. The molecule has 8 heteroatoms. The zero-order valence-electron chi connectivity index (χ0n) is 21.8. The number of methoxy groups -OCH3 is 1. The minimum Gasteiger partial charge on any atom is -0.636 e. The van der Waals surface area contributed by atoms with E-state index in [-0.39, 0.29) is 0 Å². The van der Waals surface area contributed by atoms with Crippen LogP contribution in [-0.2, 0) is 0 Å². The highest BCUT2D eigenvalue weighted by Gasteiger charge is 2.30. The molecule has 0 amide bonds. The van der Waals surface area contributed by atoms with E-state index in [1.165, 1.54) is 22.3 Å². The minimum absolute atomic E-state index is 0.410. The topological polar surface area (TPSA) is 36.9 Å². The quantitative estimate of drug-likeness (QED) is 0.211. The van der Waals surface area contributed by atoms with Crippen molar-refractivity contribution < 1.29 is 16.1 Å². The van der Waals surface area contributed by atoms with Crippen LogP contribution in [0.3, 0.4) is 0 Å². The van der Waals surface area contributed by atoms with Gasteiger partial charge in [0.2, 0.25) is 0 Å². The van der Waals surface area contributed by atoms with Crippen LogP contribution in [-0.4, -0.2) is 35.6 Å². The maximum atomic E-state index is 6.12. The van der Waals surface area contributed by atoms with Crippen LogP contribution >= 0.6 is 20.1 Å². The standard InChI is InChI=1S/C8H10O.3C7H8O.2Al.2ClH/c1-7-3-5-8(9-2)6-4-7;3*1-6-2-4-7(8)5-3-6;;;;/h3-6H,1-2H3;3*2-5,8H,1H3;;;2*1H/q;;;;+2;+3;;/p-5. The molecule has 0 aliphatic heterocycles. The molecule has 4 nitrogen and oxygen atoms in total. The molecule has 0 spiro atoms. The fraction of sp³-hybridized carbons (Fsp3) is 0.172. The van der Waals surface area contributed by atoms with Crippen molar-refractivity contribution in [3.05, 3.63) is 119 Å². The molecule has 0 fully saturated rings. The van der Waals surface area contributed by atoms with Gasteiger partial charge < -0.3 is 16.1 Å². The van der Waals surface area contributed by atoms with Gasteiger partial charge in [0, 0.05) is 0 Å². The van der Waals surface area contributed by atoms with Gasteiger partial charge in [-0.25, -0.2) is 10.0 Å². The Morgan fingerprint density at radius 2 is 0.811 bits per heavy atom. The van der Waals surface area contributed by atoms with Crippen LogP contribution in [0.15, 0.2) is 97.1 Å². The molecule has 0 heterocycles. The van der Waals surface area contributed by atoms with Crippen molar-refractivity contribution in [2.75, 3.05) is 7.11 Å². The lowest BCUT2D eigenvalue weighted by Crippen LogP contribution is -2.23. The maximum absolute atomic E-state index is 6.12. The van der Waals surface area contributed by atoms with Gasteiger partial charge in [0.15, 0.2) is 0 Å². The second-order valence-electron chi connectivity index (χ2n) is 8.17. The normalized spacial score (nSPS) is 9.49. The van der Waals surface area contributed by atoms with Crippen LogP contribution in [0.25, 0.3) is 0 Å². The molecule has 1 radical (unpaired) electrons. The Morgan fingerprint density at radius 1 is 0.514 bits per heavy atom. The lowest BCUT2D eigenvalue weighted by atomic mass is 10.2. The van der Waals surface area contributed by atoms with Gasteiger partial charge in [0.25, 0.3) is 0 Å². The third kappa shape index (κ3) is 13.2. The number of hydrogen-bond donors (Lipinski definition) is 0. The summed E-state index contributed by atoms with van der Waals surface area (Å²) in [5.41, 5.74) is 4.87. The Hall–Kier alpha value is -2.28. The summed E-state index contributed by atoms with van der Waals surface area (Å²) < 4.78 is 21.2. The van der Waals surface area contributed by atoms with E-state index in [9.17, 15) is 0 Å². The number of rotatable bonds is 7. The first kappa shape index (κ1) is 30.9. The molecule has 0 aliphatic carbocycles. The van der Waals surface area contributed by atoms with Crippen LogP contribution < -0.4 is 16.1 Å². The molecule has 37 heavy (non-hydrogen) atoms. The number of benzene rings is 4. The van der Waals surface area contributed by atoms with Crippen molar-refractivity contribution in [2.24, 2.45) is 0 Å².